The second-order valence-corrected chi connectivity index (χ2v) is 8.72. The summed E-state index contributed by atoms with van der Waals surface area (Å²) in [5.41, 5.74) is 1.11. The molecule has 3 unspecified atom stereocenters. The highest BCUT2D eigenvalue weighted by atomic mass is 35.5. The number of nitrogens with one attached hydrogen (secondary N) is 1. The van der Waals surface area contributed by atoms with Crippen molar-refractivity contribution in [3.05, 3.63) is 70.6 Å². The summed E-state index contributed by atoms with van der Waals surface area (Å²) in [6, 6.07) is 9.15. The van der Waals surface area contributed by atoms with Crippen LogP contribution in [0.4, 0.5) is 13.6 Å². The van der Waals surface area contributed by atoms with E-state index in [4.69, 9.17) is 16.1 Å². The maximum atomic E-state index is 13.8. The molecule has 5 rings (SSSR count). The molecule has 33 heavy (non-hydrogen) atoms. The van der Waals surface area contributed by atoms with Gasteiger partial charge in [0.25, 0.3) is 0 Å². The molecule has 1 aliphatic heterocycles. The minimum absolute atomic E-state index is 0.00645. The summed E-state index contributed by atoms with van der Waals surface area (Å²) in [5, 5.41) is 6.87. The molecule has 2 fully saturated rings. The number of nitrogens with zero attached hydrogens (tertiary/aromatic N) is 3. The third kappa shape index (κ3) is 4.20. The molecule has 0 radical (unpaired) electrons. The number of amides is 3. The van der Waals surface area contributed by atoms with Gasteiger partial charge in [-0.1, -0.05) is 28.9 Å². The normalized spacial score (nSPS) is 22.8. The number of carbonyl (C=O) groups excluding carboxylic acids is 2. The van der Waals surface area contributed by atoms with Crippen molar-refractivity contribution in [2.75, 3.05) is 0 Å². The third-order valence-electron chi connectivity index (χ3n) is 6.21. The van der Waals surface area contributed by atoms with Crippen molar-refractivity contribution in [3.63, 3.8) is 0 Å². The molecular weight excluding hydrogens is 454 g/mol. The highest BCUT2D eigenvalue weighted by molar-refractivity contribution is 6.30. The zero-order valence-corrected chi connectivity index (χ0v) is 18.1. The predicted molar refractivity (Wildman–Crippen MR) is 114 cm³/mol. The lowest BCUT2D eigenvalue weighted by molar-refractivity contribution is -0.137. The monoisotopic (exact) mass is 472 g/mol. The largest absolute Gasteiger partial charge is 0.339 e. The lowest BCUT2D eigenvalue weighted by atomic mass is 9.76. The van der Waals surface area contributed by atoms with E-state index in [1.165, 1.54) is 29.2 Å². The fraction of sp³-hybridized carbons (Fsp3) is 0.304. The van der Waals surface area contributed by atoms with Gasteiger partial charge in [-0.05, 0) is 55.2 Å². The number of hydrogen-bond donors (Lipinski definition) is 1. The van der Waals surface area contributed by atoms with Gasteiger partial charge in [0, 0.05) is 17.5 Å². The van der Waals surface area contributed by atoms with E-state index >= 15 is 0 Å². The SMILES string of the molecule is O=C1NC2CC(c3nc(-c4ccc(Cl)c(F)c4)no3)CCC2C(=O)N1Cc1ccc(F)cc1. The van der Waals surface area contributed by atoms with Gasteiger partial charge in [0.05, 0.1) is 17.5 Å². The Morgan fingerprint density at radius 2 is 1.91 bits per heavy atom. The van der Waals surface area contributed by atoms with Crippen LogP contribution in [0.1, 0.15) is 36.6 Å². The van der Waals surface area contributed by atoms with Crippen LogP contribution in [0.15, 0.2) is 47.0 Å². The number of urea groups is 1. The van der Waals surface area contributed by atoms with Crippen molar-refractivity contribution >= 4 is 23.5 Å². The molecule has 7 nitrogen and oxygen atoms in total. The summed E-state index contributed by atoms with van der Waals surface area (Å²) in [7, 11) is 0. The lowest BCUT2D eigenvalue weighted by Crippen LogP contribution is -2.60. The molecule has 10 heteroatoms. The molecule has 0 spiro atoms. The van der Waals surface area contributed by atoms with Crippen LogP contribution < -0.4 is 5.32 Å². The summed E-state index contributed by atoms with van der Waals surface area (Å²) in [6.45, 7) is 0.0856. The molecule has 170 valence electrons. The van der Waals surface area contributed by atoms with Crippen LogP contribution in [0.25, 0.3) is 11.4 Å². The van der Waals surface area contributed by atoms with E-state index in [1.807, 2.05) is 0 Å². The molecule has 3 amide bonds. The van der Waals surface area contributed by atoms with Crippen LogP contribution in [0, 0.1) is 17.6 Å². The average Bonchev–Trinajstić information content (AvgIpc) is 3.30. The van der Waals surface area contributed by atoms with Crippen molar-refractivity contribution < 1.29 is 22.9 Å². The van der Waals surface area contributed by atoms with Crippen LogP contribution >= 0.6 is 11.6 Å². The van der Waals surface area contributed by atoms with E-state index in [0.717, 1.165) is 0 Å². The van der Waals surface area contributed by atoms with E-state index in [9.17, 15) is 18.4 Å². The third-order valence-corrected chi connectivity index (χ3v) is 6.52. The Hall–Kier alpha value is -3.33. The topological polar surface area (TPSA) is 88.3 Å². The first-order valence-electron chi connectivity index (χ1n) is 10.5. The minimum Gasteiger partial charge on any atom is -0.339 e. The van der Waals surface area contributed by atoms with Gasteiger partial charge in [0.2, 0.25) is 17.6 Å². The smallest absolute Gasteiger partial charge is 0.324 e. The van der Waals surface area contributed by atoms with Gasteiger partial charge in [-0.3, -0.25) is 9.69 Å². The minimum atomic E-state index is -0.574. The van der Waals surface area contributed by atoms with E-state index in [-0.39, 0.29) is 47.0 Å². The summed E-state index contributed by atoms with van der Waals surface area (Å²) in [4.78, 5) is 31.2. The predicted octanol–water partition coefficient (Wildman–Crippen LogP) is 4.67. The van der Waals surface area contributed by atoms with Crippen molar-refractivity contribution in [2.45, 2.75) is 37.8 Å². The number of halogens is 3. The maximum Gasteiger partial charge on any atom is 0.324 e. The highest BCUT2D eigenvalue weighted by Crippen LogP contribution is 2.38. The average molecular weight is 473 g/mol. The van der Waals surface area contributed by atoms with Crippen LogP contribution in [0.5, 0.6) is 0 Å². The molecular formula is C23H19ClF2N4O3. The lowest BCUT2D eigenvalue weighted by Gasteiger charge is -2.41. The summed E-state index contributed by atoms with van der Waals surface area (Å²) < 4.78 is 32.3. The molecule has 0 bridgehead atoms. The number of rotatable bonds is 4. The summed E-state index contributed by atoms with van der Waals surface area (Å²) in [6.07, 6.45) is 1.65. The number of imide groups is 1. The fourth-order valence-corrected chi connectivity index (χ4v) is 4.58. The molecule has 1 aromatic heterocycles. The Labute approximate surface area is 192 Å². The number of carbonyl (C=O) groups is 2. The quantitative estimate of drug-likeness (QED) is 0.596. The Balaban J connectivity index is 1.28. The van der Waals surface area contributed by atoms with Crippen molar-refractivity contribution in [2.24, 2.45) is 5.92 Å². The first kappa shape index (κ1) is 21.5. The molecule has 3 atom stereocenters. The van der Waals surface area contributed by atoms with E-state index in [1.54, 1.807) is 18.2 Å². The van der Waals surface area contributed by atoms with E-state index in [0.29, 0.717) is 36.3 Å². The van der Waals surface area contributed by atoms with Crippen LogP contribution in [0.2, 0.25) is 5.02 Å². The molecule has 2 heterocycles. The Morgan fingerprint density at radius 3 is 2.67 bits per heavy atom. The van der Waals surface area contributed by atoms with Crippen molar-refractivity contribution in [1.29, 1.82) is 0 Å². The fourth-order valence-electron chi connectivity index (χ4n) is 4.46. The zero-order chi connectivity index (χ0) is 23.1. The standard InChI is InChI=1S/C23H19ClF2N4O3/c24-17-8-4-13(9-18(17)26)20-28-21(33-29-20)14-3-7-16-19(10-14)27-23(32)30(22(16)31)11-12-1-5-15(25)6-2-12/h1-2,4-6,8-9,14,16,19H,3,7,10-11H2,(H,27,32). The molecule has 1 N–H and O–H groups in total. The van der Waals surface area contributed by atoms with E-state index in [2.05, 4.69) is 15.5 Å². The first-order valence-corrected chi connectivity index (χ1v) is 10.9. The van der Waals surface area contributed by atoms with E-state index < -0.39 is 11.8 Å². The van der Waals surface area contributed by atoms with Crippen molar-refractivity contribution in [1.82, 2.24) is 20.4 Å². The molecule has 1 saturated carbocycles. The second kappa shape index (κ2) is 8.55. The Morgan fingerprint density at radius 1 is 1.12 bits per heavy atom. The molecule has 3 aromatic rings. The van der Waals surface area contributed by atoms with Crippen LogP contribution in [0.3, 0.4) is 0 Å². The number of fused-ring (bicyclic) bond motifs is 1. The van der Waals surface area contributed by atoms with Gasteiger partial charge in [-0.2, -0.15) is 4.98 Å². The van der Waals surface area contributed by atoms with Crippen molar-refractivity contribution in [3.8, 4) is 11.4 Å². The number of benzene rings is 2. The first-order chi connectivity index (χ1) is 15.9. The summed E-state index contributed by atoms with van der Waals surface area (Å²) in [5.74, 6) is -1.05. The van der Waals surface area contributed by atoms with Gasteiger partial charge in [-0.15, -0.1) is 0 Å². The van der Waals surface area contributed by atoms with Gasteiger partial charge in [-0.25, -0.2) is 13.6 Å². The van der Waals surface area contributed by atoms with Gasteiger partial charge >= 0.3 is 6.03 Å². The second-order valence-electron chi connectivity index (χ2n) is 8.31. The highest BCUT2D eigenvalue weighted by Gasteiger charge is 2.45. The molecule has 2 aromatic carbocycles. The molecule has 1 aliphatic carbocycles. The zero-order valence-electron chi connectivity index (χ0n) is 17.3. The molecule has 2 aliphatic rings. The molecule has 1 saturated heterocycles. The van der Waals surface area contributed by atoms with Crippen LogP contribution in [-0.4, -0.2) is 33.0 Å². The Kier molecular flexibility index (Phi) is 5.57. The number of aromatic nitrogens is 2. The Bertz CT molecular complexity index is 1220. The number of hydrogen-bond acceptors (Lipinski definition) is 5. The van der Waals surface area contributed by atoms with Gasteiger partial charge in [0.15, 0.2) is 0 Å². The maximum absolute atomic E-state index is 13.8. The van der Waals surface area contributed by atoms with Gasteiger partial charge < -0.3 is 9.84 Å². The summed E-state index contributed by atoms with van der Waals surface area (Å²) >= 11 is 5.73. The van der Waals surface area contributed by atoms with Gasteiger partial charge in [0.1, 0.15) is 11.6 Å². The van der Waals surface area contributed by atoms with Crippen LogP contribution in [-0.2, 0) is 11.3 Å².